The molecule has 11 heteroatoms. The van der Waals surface area contributed by atoms with Crippen LogP contribution in [0.5, 0.6) is 0 Å². The topological polar surface area (TPSA) is 138 Å². The van der Waals surface area contributed by atoms with Crippen LogP contribution < -0.4 is 10.0 Å². The Kier molecular flexibility index (Phi) is 8.13. The van der Waals surface area contributed by atoms with Crippen LogP contribution in [0.25, 0.3) is 11.3 Å². The van der Waals surface area contributed by atoms with E-state index in [9.17, 15) is 18.0 Å². The second-order valence-electron chi connectivity index (χ2n) is 7.41. The number of nitrogens with one attached hydrogen (secondary N) is 3. The van der Waals surface area contributed by atoms with E-state index in [4.69, 9.17) is 10.1 Å². The van der Waals surface area contributed by atoms with Crippen molar-refractivity contribution in [2.24, 2.45) is 5.92 Å². The maximum absolute atomic E-state index is 12.7. The normalized spacial score (nSPS) is 11.9. The largest absolute Gasteiger partial charge is 0.456 e. The molecule has 1 aromatic heterocycles. The summed E-state index contributed by atoms with van der Waals surface area (Å²) in [5.74, 6) is -2.33. The summed E-state index contributed by atoms with van der Waals surface area (Å²) >= 11 is 1.20. The molecule has 1 heterocycles. The first-order chi connectivity index (χ1) is 16.2. The van der Waals surface area contributed by atoms with Crippen LogP contribution in [-0.2, 0) is 31.0 Å². The van der Waals surface area contributed by atoms with Crippen LogP contribution in [0, 0.1) is 11.3 Å². The molecule has 0 saturated heterocycles. The molecule has 3 N–H and O–H groups in total. The van der Waals surface area contributed by atoms with Gasteiger partial charge in [-0.3, -0.25) is 14.9 Å². The summed E-state index contributed by atoms with van der Waals surface area (Å²) in [6.07, 6.45) is 1.32. The van der Waals surface area contributed by atoms with Crippen LogP contribution >= 0.6 is 11.3 Å². The zero-order valence-electron chi connectivity index (χ0n) is 18.6. The van der Waals surface area contributed by atoms with E-state index in [1.807, 2.05) is 18.2 Å². The van der Waals surface area contributed by atoms with Crippen molar-refractivity contribution in [2.75, 3.05) is 16.3 Å². The van der Waals surface area contributed by atoms with E-state index in [0.29, 0.717) is 16.5 Å². The lowest BCUT2D eigenvalue weighted by molar-refractivity contribution is -0.137. The maximum Gasteiger partial charge on any atom is 0.353 e. The second kappa shape index (κ2) is 11.0. The van der Waals surface area contributed by atoms with Gasteiger partial charge < -0.3 is 10.1 Å². The number of rotatable bonds is 10. The van der Waals surface area contributed by atoms with Crippen molar-refractivity contribution < 1.29 is 22.7 Å². The maximum atomic E-state index is 12.7. The summed E-state index contributed by atoms with van der Waals surface area (Å²) in [4.78, 5) is 29.4. The monoisotopic (exact) mass is 500 g/mol. The predicted molar refractivity (Wildman–Crippen MR) is 132 cm³/mol. The summed E-state index contributed by atoms with van der Waals surface area (Å²) in [5.41, 5.74) is 2.13. The van der Waals surface area contributed by atoms with E-state index in [1.165, 1.54) is 11.3 Å². The van der Waals surface area contributed by atoms with Gasteiger partial charge >= 0.3 is 5.97 Å². The van der Waals surface area contributed by atoms with E-state index in [-0.39, 0.29) is 13.0 Å². The Hall–Kier alpha value is -3.57. The highest BCUT2D eigenvalue weighted by molar-refractivity contribution is 7.92. The molecule has 3 rings (SSSR count). The Labute approximate surface area is 201 Å². The van der Waals surface area contributed by atoms with Crippen LogP contribution in [0.15, 0.2) is 60.0 Å². The minimum Gasteiger partial charge on any atom is -0.456 e. The summed E-state index contributed by atoms with van der Waals surface area (Å²) in [5, 5.41) is 12.9. The summed E-state index contributed by atoms with van der Waals surface area (Å²) in [6, 6.07) is 15.7. The van der Waals surface area contributed by atoms with Gasteiger partial charge in [0.25, 0.3) is 0 Å². The van der Waals surface area contributed by atoms with E-state index in [0.717, 1.165) is 17.4 Å². The molecule has 1 amide bonds. The Morgan fingerprint density at radius 2 is 1.79 bits per heavy atom. The fourth-order valence-corrected chi connectivity index (χ4v) is 4.33. The van der Waals surface area contributed by atoms with Crippen LogP contribution in [0.4, 0.5) is 10.8 Å². The molecule has 0 aliphatic heterocycles. The first-order valence-electron chi connectivity index (χ1n) is 10.3. The lowest BCUT2D eigenvalue weighted by Crippen LogP contribution is -2.34. The highest BCUT2D eigenvalue weighted by atomic mass is 32.2. The van der Waals surface area contributed by atoms with Gasteiger partial charge in [0, 0.05) is 16.6 Å². The van der Waals surface area contributed by atoms with Crippen LogP contribution in [-0.4, -0.2) is 37.2 Å². The van der Waals surface area contributed by atoms with Crippen molar-refractivity contribution in [3.05, 3.63) is 65.5 Å². The number of carbonyl (C=O) groups excluding carboxylic acids is 2. The molecule has 178 valence electrons. The van der Waals surface area contributed by atoms with Gasteiger partial charge in [-0.25, -0.2) is 18.2 Å². The Morgan fingerprint density at radius 1 is 1.12 bits per heavy atom. The summed E-state index contributed by atoms with van der Waals surface area (Å²) in [7, 11) is -3.37. The highest BCUT2D eigenvalue weighted by Crippen LogP contribution is 2.27. The van der Waals surface area contributed by atoms with Gasteiger partial charge in [0.2, 0.25) is 15.9 Å². The fraction of sp³-hybridized carbons (Fsp3) is 0.217. The number of ether oxygens (including phenoxy) is 1. The molecule has 0 fully saturated rings. The third-order valence-corrected chi connectivity index (χ3v) is 6.09. The van der Waals surface area contributed by atoms with Crippen molar-refractivity contribution >= 4 is 49.8 Å². The number of anilines is 2. The molecule has 1 atom stereocenters. The molecular weight excluding hydrogens is 476 g/mol. The molecule has 3 aromatic rings. The van der Waals surface area contributed by atoms with Gasteiger partial charge in [0.05, 0.1) is 17.9 Å². The average molecular weight is 501 g/mol. The van der Waals surface area contributed by atoms with Crippen molar-refractivity contribution in [1.29, 1.82) is 5.41 Å². The van der Waals surface area contributed by atoms with Crippen molar-refractivity contribution in [3.63, 3.8) is 0 Å². The highest BCUT2D eigenvalue weighted by Gasteiger charge is 2.28. The smallest absolute Gasteiger partial charge is 0.353 e. The minimum absolute atomic E-state index is 0.0223. The third-order valence-electron chi connectivity index (χ3n) is 4.72. The number of benzene rings is 2. The van der Waals surface area contributed by atoms with Gasteiger partial charge in [-0.05, 0) is 24.1 Å². The molecule has 0 bridgehead atoms. The second-order valence-corrected chi connectivity index (χ2v) is 10.0. The lowest BCUT2D eigenvalue weighted by Gasteiger charge is -2.14. The molecule has 34 heavy (non-hydrogen) atoms. The van der Waals surface area contributed by atoms with E-state index < -0.39 is 33.5 Å². The van der Waals surface area contributed by atoms with Gasteiger partial charge in [0.15, 0.2) is 5.13 Å². The van der Waals surface area contributed by atoms with E-state index in [2.05, 4.69) is 15.0 Å². The molecule has 0 aliphatic rings. The number of esters is 1. The fourth-order valence-electron chi connectivity index (χ4n) is 3.04. The number of aromatic nitrogens is 1. The van der Waals surface area contributed by atoms with E-state index in [1.54, 1.807) is 48.7 Å². The summed E-state index contributed by atoms with van der Waals surface area (Å²) in [6.45, 7) is 1.73. The van der Waals surface area contributed by atoms with E-state index >= 15 is 0 Å². The number of hydrogen-bond donors (Lipinski definition) is 3. The molecule has 0 radical (unpaired) electrons. The third kappa shape index (κ3) is 6.96. The number of thiazole rings is 1. The zero-order chi connectivity index (χ0) is 24.7. The molecule has 0 spiro atoms. The van der Waals surface area contributed by atoms with Crippen molar-refractivity contribution in [2.45, 2.75) is 20.0 Å². The number of amides is 1. The lowest BCUT2D eigenvalue weighted by atomic mass is 9.99. The predicted octanol–water partition coefficient (Wildman–Crippen LogP) is 3.91. The quantitative estimate of drug-likeness (QED) is 0.285. The molecular formula is C23H24N4O5S2. The van der Waals surface area contributed by atoms with Crippen LogP contribution in [0.3, 0.4) is 0 Å². The number of sulfonamides is 1. The number of hydrogen-bond acceptors (Lipinski definition) is 8. The van der Waals surface area contributed by atoms with Gasteiger partial charge in [0.1, 0.15) is 12.3 Å². The van der Waals surface area contributed by atoms with Gasteiger partial charge in [-0.15, -0.1) is 11.3 Å². The first-order valence-corrected chi connectivity index (χ1v) is 13.1. The average Bonchev–Trinajstić information content (AvgIpc) is 3.26. The Bertz CT molecular complexity index is 1270. The first kappa shape index (κ1) is 25.1. The molecule has 1 unspecified atom stereocenters. The Balaban J connectivity index is 1.60. The molecule has 2 aromatic carbocycles. The Morgan fingerprint density at radius 3 is 2.41 bits per heavy atom. The summed E-state index contributed by atoms with van der Waals surface area (Å²) < 4.78 is 30.2. The minimum atomic E-state index is -3.37. The number of nitrogens with zero attached hydrogens (tertiary/aromatic N) is 1. The van der Waals surface area contributed by atoms with Gasteiger partial charge in [-0.2, -0.15) is 0 Å². The number of carbonyl (C=O) groups is 2. The molecule has 9 nitrogen and oxygen atoms in total. The van der Waals surface area contributed by atoms with Crippen LogP contribution in [0.1, 0.15) is 18.9 Å². The van der Waals surface area contributed by atoms with Gasteiger partial charge in [-0.1, -0.05) is 49.4 Å². The SMILES string of the molecule is CCC(C(=N)C(=O)OCc1ccccc1)C(=O)Nc1nc(-c2ccc(NS(C)(=O)=O)cc2)cs1. The van der Waals surface area contributed by atoms with Crippen molar-refractivity contribution in [3.8, 4) is 11.3 Å². The zero-order valence-corrected chi connectivity index (χ0v) is 20.2. The van der Waals surface area contributed by atoms with Crippen LogP contribution in [0.2, 0.25) is 0 Å². The van der Waals surface area contributed by atoms with Crippen molar-refractivity contribution in [1.82, 2.24) is 4.98 Å². The molecule has 0 aliphatic carbocycles. The molecule has 0 saturated carbocycles. The standard InChI is InChI=1S/C23H24N4O5S2/c1-3-18(20(24)22(29)32-13-15-7-5-4-6-8-15)21(28)26-23-25-19(14-33-23)16-9-11-17(12-10-16)27-34(2,30)31/h4-12,14,18,24,27H,3,13H2,1-2H3,(H,25,26,28).